The third kappa shape index (κ3) is 1.59. The van der Waals surface area contributed by atoms with Crippen LogP contribution in [0.25, 0.3) is 0 Å². The van der Waals surface area contributed by atoms with Crippen LogP contribution >= 0.6 is 0 Å². The molecule has 2 aliphatic rings. The molecule has 1 aromatic heterocycles. The molecule has 2 aromatic rings. The fraction of sp³-hybridized carbons (Fsp3) is 0.389. The van der Waals surface area contributed by atoms with E-state index in [-0.39, 0.29) is 17.9 Å². The quantitative estimate of drug-likeness (QED) is 0.798. The highest BCUT2D eigenvalue weighted by Crippen LogP contribution is 2.59. The van der Waals surface area contributed by atoms with E-state index in [4.69, 9.17) is 4.74 Å². The van der Waals surface area contributed by atoms with E-state index in [0.29, 0.717) is 6.54 Å². The minimum Gasteiger partial charge on any atom is -0.468 e. The lowest BCUT2D eigenvalue weighted by Gasteiger charge is -2.32. The Morgan fingerprint density at radius 3 is 2.73 bits per heavy atom. The number of hydrogen-bond acceptors (Lipinski definition) is 3. The molecule has 1 saturated heterocycles. The summed E-state index contributed by atoms with van der Waals surface area (Å²) in [5, 5.41) is 0. The fourth-order valence-electron chi connectivity index (χ4n) is 4.52. The monoisotopic (exact) mass is 296 g/mol. The minimum atomic E-state index is -0.526. The number of carbonyl (C=O) groups is 1. The van der Waals surface area contributed by atoms with Crippen LogP contribution in [0.15, 0.2) is 48.7 Å². The van der Waals surface area contributed by atoms with Crippen LogP contribution in [0.2, 0.25) is 0 Å². The van der Waals surface area contributed by atoms with Crippen molar-refractivity contribution >= 4 is 5.97 Å². The summed E-state index contributed by atoms with van der Waals surface area (Å²) in [6.07, 6.45) is 2.06. The number of ether oxygens (including phenoxy) is 1. The molecule has 0 aliphatic carbocycles. The summed E-state index contributed by atoms with van der Waals surface area (Å²) in [5.41, 5.74) is 1.90. The van der Waals surface area contributed by atoms with Crippen LogP contribution in [0.3, 0.4) is 0 Å². The predicted octanol–water partition coefficient (Wildman–Crippen LogP) is 2.43. The highest BCUT2D eigenvalue weighted by Gasteiger charge is 2.63. The van der Waals surface area contributed by atoms with Gasteiger partial charge in [0.1, 0.15) is 5.41 Å². The van der Waals surface area contributed by atoms with Crippen LogP contribution < -0.4 is 0 Å². The number of carbonyl (C=O) groups excluding carboxylic acids is 1. The molecule has 22 heavy (non-hydrogen) atoms. The summed E-state index contributed by atoms with van der Waals surface area (Å²) in [6.45, 7) is 1.56. The Morgan fingerprint density at radius 1 is 1.23 bits per heavy atom. The number of benzene rings is 1. The molecular formula is C18H20N2O2. The SMILES string of the molecule is COC(=O)[C@@]12Cn3cccc3[C@@H]1N(C)C[C@H]2c1ccccc1. The molecule has 114 valence electrons. The van der Waals surface area contributed by atoms with Crippen molar-refractivity contribution in [2.45, 2.75) is 18.5 Å². The first-order valence-electron chi connectivity index (χ1n) is 7.67. The predicted molar refractivity (Wildman–Crippen MR) is 83.4 cm³/mol. The second kappa shape index (κ2) is 4.71. The second-order valence-electron chi connectivity index (χ2n) is 6.40. The van der Waals surface area contributed by atoms with Crippen molar-refractivity contribution in [3.05, 3.63) is 59.9 Å². The van der Waals surface area contributed by atoms with E-state index < -0.39 is 5.41 Å². The Kier molecular flexibility index (Phi) is 2.91. The summed E-state index contributed by atoms with van der Waals surface area (Å²) < 4.78 is 7.46. The van der Waals surface area contributed by atoms with Gasteiger partial charge in [0.2, 0.25) is 0 Å². The van der Waals surface area contributed by atoms with E-state index in [1.807, 2.05) is 18.2 Å². The van der Waals surface area contributed by atoms with Crippen LogP contribution in [0.5, 0.6) is 0 Å². The molecule has 0 amide bonds. The number of likely N-dealkylation sites (N-methyl/N-ethyl adjacent to an activating group) is 1. The van der Waals surface area contributed by atoms with E-state index in [1.54, 1.807) is 0 Å². The summed E-state index contributed by atoms with van der Waals surface area (Å²) in [5.74, 6) is 0.0513. The highest BCUT2D eigenvalue weighted by molar-refractivity contribution is 5.81. The van der Waals surface area contributed by atoms with Crippen LogP contribution in [0.4, 0.5) is 0 Å². The van der Waals surface area contributed by atoms with E-state index in [0.717, 1.165) is 6.54 Å². The number of methoxy groups -OCH3 is 1. The maximum absolute atomic E-state index is 12.9. The normalized spacial score (nSPS) is 30.1. The van der Waals surface area contributed by atoms with Gasteiger partial charge in [-0.2, -0.15) is 0 Å². The minimum absolute atomic E-state index is 0.0835. The number of rotatable bonds is 2. The number of fused-ring (bicyclic) bond motifs is 3. The van der Waals surface area contributed by atoms with E-state index >= 15 is 0 Å². The Bertz CT molecular complexity index is 709. The number of aromatic nitrogens is 1. The smallest absolute Gasteiger partial charge is 0.316 e. The van der Waals surface area contributed by atoms with Gasteiger partial charge < -0.3 is 9.30 Å². The van der Waals surface area contributed by atoms with Crippen LogP contribution in [-0.2, 0) is 16.1 Å². The first-order chi connectivity index (χ1) is 10.7. The van der Waals surface area contributed by atoms with Crippen molar-refractivity contribution in [1.82, 2.24) is 9.47 Å². The lowest BCUT2D eigenvalue weighted by Crippen LogP contribution is -2.40. The Hall–Kier alpha value is -2.07. The molecule has 0 bridgehead atoms. The Labute approximate surface area is 130 Å². The number of esters is 1. The topological polar surface area (TPSA) is 34.5 Å². The molecule has 1 fully saturated rings. The van der Waals surface area contributed by atoms with Crippen molar-refractivity contribution in [3.8, 4) is 0 Å². The number of hydrogen-bond donors (Lipinski definition) is 0. The molecule has 1 aromatic carbocycles. The van der Waals surface area contributed by atoms with Crippen LogP contribution in [0.1, 0.15) is 23.2 Å². The molecule has 2 aliphatic heterocycles. The van der Waals surface area contributed by atoms with Crippen molar-refractivity contribution in [1.29, 1.82) is 0 Å². The average molecular weight is 296 g/mol. The zero-order chi connectivity index (χ0) is 15.3. The third-order valence-electron chi connectivity index (χ3n) is 5.37. The molecule has 4 nitrogen and oxygen atoms in total. The van der Waals surface area contributed by atoms with Crippen molar-refractivity contribution in [2.24, 2.45) is 5.41 Å². The zero-order valence-electron chi connectivity index (χ0n) is 12.9. The standard InChI is InChI=1S/C18H20N2O2/c1-19-11-14(13-7-4-3-5-8-13)18(17(21)22-2)12-20-10-6-9-15(20)16(18)19/h3-10,14,16H,11-12H2,1-2H3/t14-,16-,18+/m0/s1. The van der Waals surface area contributed by atoms with Gasteiger partial charge in [-0.15, -0.1) is 0 Å². The van der Waals surface area contributed by atoms with Gasteiger partial charge >= 0.3 is 5.97 Å². The zero-order valence-corrected chi connectivity index (χ0v) is 12.9. The van der Waals surface area contributed by atoms with Gasteiger partial charge in [0.15, 0.2) is 0 Å². The summed E-state index contributed by atoms with van der Waals surface area (Å²) in [6, 6.07) is 14.6. The second-order valence-corrected chi connectivity index (χ2v) is 6.40. The first-order valence-corrected chi connectivity index (χ1v) is 7.67. The molecule has 0 saturated carbocycles. The molecule has 0 unspecified atom stereocenters. The van der Waals surface area contributed by atoms with Gasteiger partial charge in [-0.3, -0.25) is 9.69 Å². The van der Waals surface area contributed by atoms with Gasteiger partial charge in [0.05, 0.1) is 13.2 Å². The maximum atomic E-state index is 12.9. The summed E-state index contributed by atoms with van der Waals surface area (Å²) in [7, 11) is 3.61. The van der Waals surface area contributed by atoms with E-state index in [1.165, 1.54) is 18.4 Å². The Morgan fingerprint density at radius 2 is 2.00 bits per heavy atom. The van der Waals surface area contributed by atoms with Gasteiger partial charge in [0, 0.05) is 30.9 Å². The molecule has 0 spiro atoms. The molecule has 0 radical (unpaired) electrons. The largest absolute Gasteiger partial charge is 0.468 e. The number of nitrogens with zero attached hydrogens (tertiary/aromatic N) is 2. The molecular weight excluding hydrogens is 276 g/mol. The van der Waals surface area contributed by atoms with E-state index in [2.05, 4.69) is 47.0 Å². The highest BCUT2D eigenvalue weighted by atomic mass is 16.5. The van der Waals surface area contributed by atoms with E-state index in [9.17, 15) is 4.79 Å². The van der Waals surface area contributed by atoms with Crippen molar-refractivity contribution < 1.29 is 9.53 Å². The van der Waals surface area contributed by atoms with Gasteiger partial charge in [-0.05, 0) is 24.7 Å². The fourth-order valence-corrected chi connectivity index (χ4v) is 4.52. The maximum Gasteiger partial charge on any atom is 0.316 e. The third-order valence-corrected chi connectivity index (χ3v) is 5.37. The Balaban J connectivity index is 1.88. The average Bonchev–Trinajstić information content (AvgIpc) is 3.17. The lowest BCUT2D eigenvalue weighted by atomic mass is 9.71. The van der Waals surface area contributed by atoms with Gasteiger partial charge in [-0.25, -0.2) is 0 Å². The summed E-state index contributed by atoms with van der Waals surface area (Å²) >= 11 is 0. The van der Waals surface area contributed by atoms with Crippen LogP contribution in [0, 0.1) is 5.41 Å². The van der Waals surface area contributed by atoms with Gasteiger partial charge in [-0.1, -0.05) is 30.3 Å². The molecule has 0 N–H and O–H groups in total. The lowest BCUT2D eigenvalue weighted by molar-refractivity contribution is -0.155. The number of likely N-dealkylation sites (tertiary alicyclic amines) is 1. The first kappa shape index (κ1) is 13.6. The van der Waals surface area contributed by atoms with Crippen molar-refractivity contribution in [2.75, 3.05) is 20.7 Å². The molecule has 3 heterocycles. The molecule has 3 atom stereocenters. The van der Waals surface area contributed by atoms with Gasteiger partial charge in [0.25, 0.3) is 0 Å². The molecule has 4 heteroatoms. The summed E-state index contributed by atoms with van der Waals surface area (Å²) in [4.78, 5) is 15.2. The molecule has 4 rings (SSSR count). The van der Waals surface area contributed by atoms with Crippen molar-refractivity contribution in [3.63, 3.8) is 0 Å². The van der Waals surface area contributed by atoms with Crippen LogP contribution in [-0.4, -0.2) is 36.1 Å².